The van der Waals surface area contributed by atoms with Crippen molar-refractivity contribution in [1.29, 1.82) is 0 Å². The minimum atomic E-state index is 0.599. The molecular weight excluding hydrogens is 444 g/mol. The highest BCUT2D eigenvalue weighted by molar-refractivity contribution is 7.22. The lowest BCUT2D eigenvalue weighted by molar-refractivity contribution is 0.866. The number of nitrogens with zero attached hydrogens (tertiary/aromatic N) is 2. The topological polar surface area (TPSA) is 17.3 Å². The molecule has 0 aliphatic heterocycles. The highest BCUT2D eigenvalue weighted by atomic mass is 32.1. The van der Waals surface area contributed by atoms with Crippen molar-refractivity contribution in [2.24, 2.45) is 0 Å². The van der Waals surface area contributed by atoms with Gasteiger partial charge in [0.15, 0.2) is 0 Å². The molecule has 2 nitrogen and oxygen atoms in total. The Morgan fingerprint density at radius 2 is 1.43 bits per heavy atom. The molecule has 4 aromatic carbocycles. The molecule has 0 bridgehead atoms. The molecule has 3 heterocycles. The maximum absolute atomic E-state index is 5.37. The van der Waals surface area contributed by atoms with E-state index in [1.54, 1.807) is 0 Å². The summed E-state index contributed by atoms with van der Waals surface area (Å²) in [4.78, 5) is 1.23. The third kappa shape index (κ3) is 2.98. The van der Waals surface area contributed by atoms with Crippen LogP contribution in [0.1, 0.15) is 24.5 Å². The van der Waals surface area contributed by atoms with Crippen LogP contribution in [0.25, 0.3) is 58.8 Å². The first kappa shape index (κ1) is 19.4. The Morgan fingerprint density at radius 1 is 0.686 bits per heavy atom. The summed E-state index contributed by atoms with van der Waals surface area (Å²) in [5, 5.41) is 11.7. The summed E-state index contributed by atoms with van der Waals surface area (Å²) in [6.07, 6.45) is 2.49. The number of pyridine rings is 1. The number of benzene rings is 4. The summed E-state index contributed by atoms with van der Waals surface area (Å²) >= 11 is 1.84. The Hall–Kier alpha value is -3.95. The molecule has 7 aromatic rings. The number of rotatable bonds is 3. The molecule has 8 rings (SSSR count). The van der Waals surface area contributed by atoms with Crippen LogP contribution >= 0.6 is 11.3 Å². The molecular formula is C32H22N2S. The maximum Gasteiger partial charge on any atom is 0.111 e. The number of hydrogen-bond donors (Lipinski definition) is 0. The number of hydrogen-bond acceptors (Lipinski definition) is 2. The molecule has 0 spiro atoms. The van der Waals surface area contributed by atoms with Crippen molar-refractivity contribution in [3.63, 3.8) is 0 Å². The summed E-state index contributed by atoms with van der Waals surface area (Å²) in [5.74, 6) is 0.599. The highest BCUT2D eigenvalue weighted by Gasteiger charge is 2.30. The van der Waals surface area contributed by atoms with E-state index in [-0.39, 0.29) is 0 Å². The van der Waals surface area contributed by atoms with Crippen LogP contribution in [-0.2, 0) is 0 Å². The van der Waals surface area contributed by atoms with Gasteiger partial charge in [0.1, 0.15) is 5.69 Å². The number of aromatic nitrogens is 2. The van der Waals surface area contributed by atoms with Gasteiger partial charge in [0.05, 0.1) is 10.4 Å². The van der Waals surface area contributed by atoms with Crippen LogP contribution in [0.3, 0.4) is 0 Å². The van der Waals surface area contributed by atoms with Crippen molar-refractivity contribution >= 4 is 48.5 Å². The average molecular weight is 467 g/mol. The SMILES string of the molecule is c1ccc2cc(-c3c(-c4cc5ccccc5s4)nn4c(C5CC5)cc5ccccc5c34)ccc2c1. The van der Waals surface area contributed by atoms with Crippen molar-refractivity contribution in [3.8, 4) is 21.7 Å². The van der Waals surface area contributed by atoms with Gasteiger partial charge in [-0.1, -0.05) is 78.9 Å². The van der Waals surface area contributed by atoms with Gasteiger partial charge < -0.3 is 0 Å². The van der Waals surface area contributed by atoms with Crippen LogP contribution in [0.2, 0.25) is 0 Å². The van der Waals surface area contributed by atoms with Gasteiger partial charge in [-0.05, 0) is 64.2 Å². The molecule has 1 fully saturated rings. The van der Waals surface area contributed by atoms with Crippen molar-refractivity contribution in [3.05, 3.63) is 109 Å². The predicted molar refractivity (Wildman–Crippen MR) is 148 cm³/mol. The summed E-state index contributed by atoms with van der Waals surface area (Å²) in [7, 11) is 0. The molecule has 35 heavy (non-hydrogen) atoms. The van der Waals surface area contributed by atoms with Crippen LogP contribution in [-0.4, -0.2) is 9.61 Å². The van der Waals surface area contributed by atoms with Crippen molar-refractivity contribution in [1.82, 2.24) is 9.61 Å². The lowest BCUT2D eigenvalue weighted by atomic mass is 9.97. The molecule has 0 unspecified atom stereocenters. The molecule has 0 amide bonds. The third-order valence-electron chi connectivity index (χ3n) is 7.34. The van der Waals surface area contributed by atoms with E-state index < -0.39 is 0 Å². The number of fused-ring (bicyclic) bond motifs is 5. The Balaban J connectivity index is 1.53. The van der Waals surface area contributed by atoms with Crippen LogP contribution in [0, 0.1) is 0 Å². The van der Waals surface area contributed by atoms with Crippen molar-refractivity contribution in [2.45, 2.75) is 18.8 Å². The van der Waals surface area contributed by atoms with E-state index in [1.807, 2.05) is 11.3 Å². The smallest absolute Gasteiger partial charge is 0.111 e. The van der Waals surface area contributed by atoms with Gasteiger partial charge in [0, 0.05) is 27.3 Å². The van der Waals surface area contributed by atoms with E-state index in [2.05, 4.69) is 108 Å². The van der Waals surface area contributed by atoms with Gasteiger partial charge in [-0.3, -0.25) is 0 Å². The summed E-state index contributed by atoms with van der Waals surface area (Å²) < 4.78 is 3.57. The molecule has 166 valence electrons. The first-order valence-corrected chi connectivity index (χ1v) is 13.1. The molecule has 0 saturated heterocycles. The fraction of sp³-hybridized carbons (Fsp3) is 0.0938. The van der Waals surface area contributed by atoms with Crippen LogP contribution in [0.15, 0.2) is 103 Å². The first-order valence-electron chi connectivity index (χ1n) is 12.3. The largest absolute Gasteiger partial charge is 0.236 e. The Bertz CT molecular complexity index is 1890. The van der Waals surface area contributed by atoms with Gasteiger partial charge in [-0.25, -0.2) is 4.52 Å². The molecule has 1 aliphatic carbocycles. The first-order chi connectivity index (χ1) is 17.3. The second-order valence-electron chi connectivity index (χ2n) is 9.63. The van der Waals surface area contributed by atoms with Gasteiger partial charge in [-0.15, -0.1) is 11.3 Å². The Labute approximate surface area is 207 Å². The zero-order chi connectivity index (χ0) is 22.9. The van der Waals surface area contributed by atoms with Crippen LogP contribution in [0.5, 0.6) is 0 Å². The lowest BCUT2D eigenvalue weighted by Gasteiger charge is -2.10. The van der Waals surface area contributed by atoms with Crippen molar-refractivity contribution < 1.29 is 0 Å². The molecule has 3 aromatic heterocycles. The van der Waals surface area contributed by atoms with Crippen molar-refractivity contribution in [2.75, 3.05) is 0 Å². The van der Waals surface area contributed by atoms with Gasteiger partial charge in [0.2, 0.25) is 0 Å². The normalized spacial score (nSPS) is 13.9. The zero-order valence-electron chi connectivity index (χ0n) is 19.1. The zero-order valence-corrected chi connectivity index (χ0v) is 19.9. The Kier molecular flexibility index (Phi) is 4.02. The third-order valence-corrected chi connectivity index (χ3v) is 8.46. The van der Waals surface area contributed by atoms with E-state index in [0.717, 1.165) is 5.69 Å². The summed E-state index contributed by atoms with van der Waals surface area (Å²) in [6, 6.07) is 37.6. The maximum atomic E-state index is 5.37. The van der Waals surface area contributed by atoms with Gasteiger partial charge in [0.25, 0.3) is 0 Å². The summed E-state index contributed by atoms with van der Waals surface area (Å²) in [5.41, 5.74) is 6.12. The second-order valence-corrected chi connectivity index (χ2v) is 10.7. The molecule has 0 atom stereocenters. The van der Waals surface area contributed by atoms with E-state index in [1.165, 1.54) is 71.7 Å². The predicted octanol–water partition coefficient (Wildman–Crippen LogP) is 9.07. The molecule has 3 heteroatoms. The van der Waals surface area contributed by atoms with E-state index in [9.17, 15) is 0 Å². The Morgan fingerprint density at radius 3 is 2.26 bits per heavy atom. The second kappa shape index (κ2) is 7.27. The molecule has 0 radical (unpaired) electrons. The minimum Gasteiger partial charge on any atom is -0.236 e. The average Bonchev–Trinajstić information content (AvgIpc) is 3.53. The van der Waals surface area contributed by atoms with Gasteiger partial charge >= 0.3 is 0 Å². The van der Waals surface area contributed by atoms with E-state index in [4.69, 9.17) is 5.10 Å². The van der Waals surface area contributed by atoms with Gasteiger partial charge in [-0.2, -0.15) is 5.10 Å². The molecule has 1 aliphatic rings. The van der Waals surface area contributed by atoms with Crippen LogP contribution < -0.4 is 0 Å². The molecule has 0 N–H and O–H groups in total. The standard InChI is InChI=1S/C32H22N2S/c1-2-8-22-17-25(16-13-20(22)7-1)30-31(29-19-24-10-4-6-12-28(24)35-29)33-34-27(21-14-15-21)18-23-9-3-5-11-26(23)32(30)34/h1-13,16-19,21H,14-15H2. The fourth-order valence-corrected chi connectivity index (χ4v) is 6.53. The number of thiophene rings is 1. The quantitative estimate of drug-likeness (QED) is 0.254. The fourth-order valence-electron chi connectivity index (χ4n) is 5.47. The van der Waals surface area contributed by atoms with E-state index in [0.29, 0.717) is 5.92 Å². The van der Waals surface area contributed by atoms with E-state index >= 15 is 0 Å². The monoisotopic (exact) mass is 466 g/mol. The highest BCUT2D eigenvalue weighted by Crippen LogP contribution is 2.46. The lowest BCUT2D eigenvalue weighted by Crippen LogP contribution is -1.98. The van der Waals surface area contributed by atoms with Crippen LogP contribution in [0.4, 0.5) is 0 Å². The summed E-state index contributed by atoms with van der Waals surface area (Å²) in [6.45, 7) is 0. The minimum absolute atomic E-state index is 0.599. The molecule has 1 saturated carbocycles.